The summed E-state index contributed by atoms with van der Waals surface area (Å²) in [6.45, 7) is 1.24. The summed E-state index contributed by atoms with van der Waals surface area (Å²) in [6.07, 6.45) is 0.557. The highest BCUT2D eigenvalue weighted by Crippen LogP contribution is 2.19. The van der Waals surface area contributed by atoms with Crippen LogP contribution >= 0.6 is 0 Å². The van der Waals surface area contributed by atoms with Gasteiger partial charge in [-0.25, -0.2) is 4.79 Å². The summed E-state index contributed by atoms with van der Waals surface area (Å²) >= 11 is 0. The lowest BCUT2D eigenvalue weighted by Gasteiger charge is -2.20. The zero-order valence-corrected chi connectivity index (χ0v) is 11.0. The Morgan fingerprint density at radius 3 is 2.60 bits per heavy atom. The standard InChI is InChI=1S/C12H17N3O5/c1-6-4-15(12(20)14-11(6)19)5-9(18)13-10-7(16)2-3-8(10)17/h4,7-8,10,16-17H,2-3,5H2,1H3,(H,13,18)(H,14,19,20). The number of hydrogen-bond donors (Lipinski definition) is 4. The van der Waals surface area contributed by atoms with Gasteiger partial charge >= 0.3 is 5.69 Å². The lowest BCUT2D eigenvalue weighted by molar-refractivity contribution is -0.124. The Morgan fingerprint density at radius 1 is 1.40 bits per heavy atom. The van der Waals surface area contributed by atoms with Gasteiger partial charge in [-0.2, -0.15) is 0 Å². The third-order valence-corrected chi connectivity index (χ3v) is 3.42. The van der Waals surface area contributed by atoms with Crippen molar-refractivity contribution in [1.29, 1.82) is 0 Å². The summed E-state index contributed by atoms with van der Waals surface area (Å²) in [5.74, 6) is -0.511. The molecule has 0 aliphatic heterocycles. The van der Waals surface area contributed by atoms with Crippen molar-refractivity contribution >= 4 is 5.91 Å². The maximum atomic E-state index is 11.8. The maximum Gasteiger partial charge on any atom is 0.328 e. The molecular formula is C12H17N3O5. The Balaban J connectivity index is 2.07. The molecule has 2 rings (SSSR count). The Morgan fingerprint density at radius 2 is 2.00 bits per heavy atom. The van der Waals surface area contributed by atoms with E-state index in [1.807, 2.05) is 0 Å². The smallest absolute Gasteiger partial charge is 0.328 e. The van der Waals surface area contributed by atoms with Crippen LogP contribution in [0.5, 0.6) is 0 Å². The van der Waals surface area contributed by atoms with Gasteiger partial charge in [-0.15, -0.1) is 0 Å². The molecule has 1 heterocycles. The largest absolute Gasteiger partial charge is 0.391 e. The first-order chi connectivity index (χ1) is 9.38. The predicted octanol–water partition coefficient (Wildman–Crippen LogP) is -2.15. The van der Waals surface area contributed by atoms with Crippen LogP contribution in [0.3, 0.4) is 0 Å². The minimum atomic E-state index is -0.789. The number of H-pyrrole nitrogens is 1. The van der Waals surface area contributed by atoms with E-state index in [4.69, 9.17) is 0 Å². The Labute approximate surface area is 114 Å². The molecule has 0 aromatic carbocycles. The fourth-order valence-electron chi connectivity index (χ4n) is 2.27. The van der Waals surface area contributed by atoms with Crippen molar-refractivity contribution in [2.75, 3.05) is 0 Å². The first kappa shape index (κ1) is 14.5. The molecule has 1 fully saturated rings. The zero-order chi connectivity index (χ0) is 14.9. The number of aryl methyl sites for hydroxylation is 1. The van der Waals surface area contributed by atoms with Crippen molar-refractivity contribution < 1.29 is 15.0 Å². The number of nitrogens with one attached hydrogen (secondary N) is 2. The second-order valence-corrected chi connectivity index (χ2v) is 5.00. The zero-order valence-electron chi connectivity index (χ0n) is 11.0. The van der Waals surface area contributed by atoms with Crippen LogP contribution in [0.15, 0.2) is 15.8 Å². The highest BCUT2D eigenvalue weighted by atomic mass is 16.3. The maximum absolute atomic E-state index is 11.8. The molecule has 20 heavy (non-hydrogen) atoms. The van der Waals surface area contributed by atoms with Crippen molar-refractivity contribution in [3.8, 4) is 0 Å². The van der Waals surface area contributed by atoms with Gasteiger partial charge in [0.1, 0.15) is 6.54 Å². The number of carbonyl (C=O) groups is 1. The fourth-order valence-corrected chi connectivity index (χ4v) is 2.27. The minimum absolute atomic E-state index is 0.285. The van der Waals surface area contributed by atoms with Crippen LogP contribution < -0.4 is 16.6 Å². The quantitative estimate of drug-likeness (QED) is 0.503. The SMILES string of the molecule is Cc1cn(CC(=O)NC2C(O)CCC2O)c(=O)[nH]c1=O. The second kappa shape index (κ2) is 5.59. The van der Waals surface area contributed by atoms with Gasteiger partial charge in [0, 0.05) is 11.8 Å². The number of aromatic amines is 1. The number of amides is 1. The molecule has 1 aromatic rings. The van der Waals surface area contributed by atoms with Gasteiger partial charge in [-0.05, 0) is 19.8 Å². The monoisotopic (exact) mass is 283 g/mol. The molecule has 1 aliphatic rings. The van der Waals surface area contributed by atoms with Gasteiger partial charge in [0.2, 0.25) is 5.91 Å². The van der Waals surface area contributed by atoms with E-state index < -0.39 is 35.4 Å². The van der Waals surface area contributed by atoms with Crippen molar-refractivity contribution in [2.24, 2.45) is 0 Å². The molecule has 1 amide bonds. The van der Waals surface area contributed by atoms with E-state index in [0.717, 1.165) is 4.57 Å². The molecule has 1 aromatic heterocycles. The van der Waals surface area contributed by atoms with Crippen LogP contribution in [-0.4, -0.2) is 43.9 Å². The van der Waals surface area contributed by atoms with E-state index in [9.17, 15) is 24.6 Å². The molecule has 0 spiro atoms. The van der Waals surface area contributed by atoms with Crippen molar-refractivity contribution in [2.45, 2.75) is 44.6 Å². The van der Waals surface area contributed by atoms with Gasteiger partial charge in [0.15, 0.2) is 0 Å². The van der Waals surface area contributed by atoms with Crippen molar-refractivity contribution in [3.63, 3.8) is 0 Å². The number of carbonyl (C=O) groups excluding carboxylic acids is 1. The molecule has 0 bridgehead atoms. The molecule has 8 heteroatoms. The van der Waals surface area contributed by atoms with E-state index in [2.05, 4.69) is 10.3 Å². The van der Waals surface area contributed by atoms with Crippen LogP contribution in [0.1, 0.15) is 18.4 Å². The number of aliphatic hydroxyl groups is 2. The summed E-state index contributed by atoms with van der Waals surface area (Å²) in [5.41, 5.74) is -0.852. The normalized spacial score (nSPS) is 25.6. The van der Waals surface area contributed by atoms with Gasteiger partial charge in [0.25, 0.3) is 5.56 Å². The van der Waals surface area contributed by atoms with Crippen LogP contribution in [0, 0.1) is 6.92 Å². The summed E-state index contributed by atoms with van der Waals surface area (Å²) in [7, 11) is 0. The van der Waals surface area contributed by atoms with Crippen molar-refractivity contribution in [3.05, 3.63) is 32.6 Å². The number of aliphatic hydroxyl groups excluding tert-OH is 2. The minimum Gasteiger partial charge on any atom is -0.391 e. The molecule has 1 saturated carbocycles. The lowest BCUT2D eigenvalue weighted by Crippen LogP contribution is -2.48. The number of aromatic nitrogens is 2. The Hall–Kier alpha value is -1.93. The van der Waals surface area contributed by atoms with E-state index >= 15 is 0 Å². The van der Waals surface area contributed by atoms with E-state index in [1.54, 1.807) is 0 Å². The average molecular weight is 283 g/mol. The van der Waals surface area contributed by atoms with E-state index in [0.29, 0.717) is 18.4 Å². The summed E-state index contributed by atoms with van der Waals surface area (Å²) in [6, 6.07) is -0.720. The number of rotatable bonds is 3. The molecule has 8 nitrogen and oxygen atoms in total. The second-order valence-electron chi connectivity index (χ2n) is 5.00. The number of nitrogens with zero attached hydrogens (tertiary/aromatic N) is 1. The molecule has 110 valence electrons. The molecular weight excluding hydrogens is 266 g/mol. The van der Waals surface area contributed by atoms with E-state index in [-0.39, 0.29) is 6.54 Å². The van der Waals surface area contributed by atoms with Gasteiger partial charge < -0.3 is 15.5 Å². The fraction of sp³-hybridized carbons (Fsp3) is 0.583. The molecule has 2 unspecified atom stereocenters. The molecule has 1 aliphatic carbocycles. The van der Waals surface area contributed by atoms with Crippen LogP contribution in [0.25, 0.3) is 0 Å². The Bertz CT molecular complexity index is 610. The number of hydrogen-bond acceptors (Lipinski definition) is 5. The first-order valence-corrected chi connectivity index (χ1v) is 6.34. The third-order valence-electron chi connectivity index (χ3n) is 3.42. The molecule has 0 radical (unpaired) electrons. The van der Waals surface area contributed by atoms with Crippen LogP contribution in [-0.2, 0) is 11.3 Å². The predicted molar refractivity (Wildman–Crippen MR) is 69.2 cm³/mol. The van der Waals surface area contributed by atoms with Crippen LogP contribution in [0.2, 0.25) is 0 Å². The summed E-state index contributed by atoms with van der Waals surface area (Å²) in [4.78, 5) is 36.6. The van der Waals surface area contributed by atoms with Crippen LogP contribution in [0.4, 0.5) is 0 Å². The Kier molecular flexibility index (Phi) is 4.05. The highest BCUT2D eigenvalue weighted by Gasteiger charge is 2.34. The van der Waals surface area contributed by atoms with Crippen molar-refractivity contribution in [1.82, 2.24) is 14.9 Å². The van der Waals surface area contributed by atoms with E-state index in [1.165, 1.54) is 13.1 Å². The first-order valence-electron chi connectivity index (χ1n) is 6.34. The molecule has 2 atom stereocenters. The van der Waals surface area contributed by atoms with Gasteiger partial charge in [-0.1, -0.05) is 0 Å². The third kappa shape index (κ3) is 2.97. The summed E-state index contributed by atoms with van der Waals surface area (Å²) in [5, 5.41) is 21.7. The molecule has 4 N–H and O–H groups in total. The average Bonchev–Trinajstić information content (AvgIpc) is 2.68. The molecule has 0 saturated heterocycles. The lowest BCUT2D eigenvalue weighted by atomic mass is 10.2. The van der Waals surface area contributed by atoms with Gasteiger partial charge in [-0.3, -0.25) is 19.1 Å². The highest BCUT2D eigenvalue weighted by molar-refractivity contribution is 5.76. The topological polar surface area (TPSA) is 124 Å². The summed E-state index contributed by atoms with van der Waals surface area (Å²) < 4.78 is 1.07. The van der Waals surface area contributed by atoms with Gasteiger partial charge in [0.05, 0.1) is 18.2 Å².